The molecule has 0 aliphatic carbocycles. The Hall–Kier alpha value is -0.780. The minimum absolute atomic E-state index is 0. The summed E-state index contributed by atoms with van der Waals surface area (Å²) in [5.74, 6) is 0.201. The molecule has 1 aromatic rings. The molecule has 0 amide bonds. The Bertz CT molecular complexity index is 700. The lowest BCUT2D eigenvalue weighted by atomic mass is 10.4. The molecule has 0 unspecified atom stereocenters. The minimum atomic E-state index is -2.04. The average molecular weight is 554 g/mol. The first-order valence-corrected chi connectivity index (χ1v) is 12.2. The summed E-state index contributed by atoms with van der Waals surface area (Å²) in [5.41, 5.74) is 0. The van der Waals surface area contributed by atoms with E-state index in [4.69, 9.17) is 18.6 Å². The van der Waals surface area contributed by atoms with Crippen molar-refractivity contribution in [3.8, 4) is 0 Å². The zero-order valence-corrected chi connectivity index (χ0v) is 21.2. The molecule has 0 atom stereocenters. The first-order chi connectivity index (χ1) is 14.0. The molecule has 11 heteroatoms. The molecular weight excluding hydrogens is 522 g/mol. The molecule has 2 saturated heterocycles. The highest BCUT2D eigenvalue weighted by Crippen LogP contribution is 2.62. The van der Waals surface area contributed by atoms with E-state index in [1.165, 1.54) is 0 Å². The number of halogens is 1. The summed E-state index contributed by atoms with van der Waals surface area (Å²) in [5, 5.41) is 0.961. The number of morpholine rings is 2. The largest absolute Gasteiger partial charge is 1.00 e. The van der Waals surface area contributed by atoms with Crippen LogP contribution < -0.4 is 29.3 Å². The fourth-order valence-corrected chi connectivity index (χ4v) is 7.29. The zero-order chi connectivity index (χ0) is 20.9. The van der Waals surface area contributed by atoms with Gasteiger partial charge >= 0.3 is 5.97 Å². The highest BCUT2D eigenvalue weighted by atomic mass is 127. The topological polar surface area (TPSA) is 80.0 Å². The van der Waals surface area contributed by atoms with Crippen LogP contribution in [0.2, 0.25) is 0 Å². The van der Waals surface area contributed by atoms with Gasteiger partial charge in [0.1, 0.15) is 0 Å². The molecule has 0 bridgehead atoms. The molecular formula is C19H32IN4O5P. The molecule has 3 heterocycles. The lowest BCUT2D eigenvalue weighted by Gasteiger charge is -2.42. The van der Waals surface area contributed by atoms with Gasteiger partial charge in [0.05, 0.1) is 72.2 Å². The molecule has 0 N–H and O–H groups in total. The number of carbonyl (C=O) groups excluding carboxylic acids is 1. The average Bonchev–Trinajstić information content (AvgIpc) is 3.18. The Morgan fingerprint density at radius 3 is 2.17 bits per heavy atom. The molecule has 3 rings (SSSR count). The standard InChI is InChI=1S/C19H32N4O5P.HI/c1-5-27-19(24)16-14-17(18(28-16)20-15-21(2)3)29(4,22-6-10-25-11-7-22)23-8-12-26-13-9-23;/h14-15H,5-13H2,1-4H3;1H/q+1;/p-1/b20-15-;. The molecule has 30 heavy (non-hydrogen) atoms. The molecule has 2 aliphatic heterocycles. The van der Waals surface area contributed by atoms with E-state index in [0.717, 1.165) is 31.5 Å². The normalized spacial score (nSPS) is 18.9. The molecule has 0 spiro atoms. The van der Waals surface area contributed by atoms with Crippen molar-refractivity contribution >= 4 is 31.1 Å². The van der Waals surface area contributed by atoms with Crippen molar-refractivity contribution < 1.29 is 47.4 Å². The summed E-state index contributed by atoms with van der Waals surface area (Å²) in [4.78, 5) is 18.8. The van der Waals surface area contributed by atoms with Crippen LogP contribution in [0, 0.1) is 0 Å². The van der Waals surface area contributed by atoms with Crippen molar-refractivity contribution in [1.82, 2.24) is 14.2 Å². The Morgan fingerprint density at radius 1 is 1.17 bits per heavy atom. The van der Waals surface area contributed by atoms with E-state index in [0.29, 0.717) is 38.9 Å². The van der Waals surface area contributed by atoms with Crippen LogP contribution in [0.1, 0.15) is 17.5 Å². The van der Waals surface area contributed by atoms with Crippen molar-refractivity contribution in [2.45, 2.75) is 6.92 Å². The van der Waals surface area contributed by atoms with E-state index in [2.05, 4.69) is 21.0 Å². The van der Waals surface area contributed by atoms with Gasteiger partial charge in [0.25, 0.3) is 5.88 Å². The highest BCUT2D eigenvalue weighted by Gasteiger charge is 2.52. The minimum Gasteiger partial charge on any atom is -1.00 e. The van der Waals surface area contributed by atoms with E-state index >= 15 is 0 Å². The van der Waals surface area contributed by atoms with E-state index in [9.17, 15) is 4.79 Å². The molecule has 2 aliphatic rings. The third-order valence-corrected chi connectivity index (χ3v) is 9.35. The van der Waals surface area contributed by atoms with Gasteiger partial charge in [0, 0.05) is 20.2 Å². The van der Waals surface area contributed by atoms with Crippen molar-refractivity contribution in [3.05, 3.63) is 11.8 Å². The van der Waals surface area contributed by atoms with Gasteiger partial charge in [-0.25, -0.2) is 9.79 Å². The van der Waals surface area contributed by atoms with Crippen molar-refractivity contribution in [1.29, 1.82) is 0 Å². The number of furan rings is 1. The summed E-state index contributed by atoms with van der Waals surface area (Å²) >= 11 is 0. The van der Waals surface area contributed by atoms with E-state index in [-0.39, 0.29) is 29.7 Å². The Morgan fingerprint density at radius 2 is 1.70 bits per heavy atom. The maximum atomic E-state index is 12.4. The van der Waals surface area contributed by atoms with Gasteiger partial charge in [-0.1, -0.05) is 0 Å². The third-order valence-electron chi connectivity index (χ3n) is 5.11. The van der Waals surface area contributed by atoms with E-state index in [1.54, 1.807) is 13.3 Å². The first-order valence-electron chi connectivity index (χ1n) is 10.0. The summed E-state index contributed by atoms with van der Waals surface area (Å²) in [6.45, 7) is 10.5. The maximum Gasteiger partial charge on any atom is 0.374 e. The van der Waals surface area contributed by atoms with E-state index < -0.39 is 13.5 Å². The van der Waals surface area contributed by atoms with Gasteiger partial charge < -0.3 is 47.5 Å². The van der Waals surface area contributed by atoms with Gasteiger partial charge in [-0.3, -0.25) is 0 Å². The summed E-state index contributed by atoms with van der Waals surface area (Å²) < 4.78 is 27.3. The first kappa shape index (κ1) is 25.5. The smallest absolute Gasteiger partial charge is 0.374 e. The molecule has 0 aromatic carbocycles. The second-order valence-corrected chi connectivity index (χ2v) is 10.7. The number of carbonyl (C=O) groups is 1. The fraction of sp³-hybridized carbons (Fsp3) is 0.684. The molecule has 9 nitrogen and oxygen atoms in total. The monoisotopic (exact) mass is 554 g/mol. The molecule has 0 saturated carbocycles. The molecule has 1 aromatic heterocycles. The number of esters is 1. The van der Waals surface area contributed by atoms with Crippen LogP contribution in [0.3, 0.4) is 0 Å². The number of ether oxygens (including phenoxy) is 3. The Labute approximate surface area is 196 Å². The summed E-state index contributed by atoms with van der Waals surface area (Å²) in [7, 11) is 1.76. The van der Waals surface area contributed by atoms with Crippen LogP contribution in [0.5, 0.6) is 0 Å². The lowest BCUT2D eigenvalue weighted by Crippen LogP contribution is -3.00. The van der Waals surface area contributed by atoms with Crippen LogP contribution in [0.15, 0.2) is 15.5 Å². The quantitative estimate of drug-likeness (QED) is 0.132. The molecule has 170 valence electrons. The number of hydrogen-bond donors (Lipinski definition) is 0. The third kappa shape index (κ3) is 5.72. The van der Waals surface area contributed by atoms with Gasteiger partial charge in [0.15, 0.2) is 12.9 Å². The Balaban J connectivity index is 0.00000320. The van der Waals surface area contributed by atoms with Crippen molar-refractivity contribution in [2.75, 3.05) is 80.0 Å². The second-order valence-electron chi connectivity index (χ2n) is 7.27. The second kappa shape index (κ2) is 11.7. The Kier molecular flexibility index (Phi) is 9.96. The molecule has 0 radical (unpaired) electrons. The van der Waals surface area contributed by atoms with Crippen molar-refractivity contribution in [2.24, 2.45) is 4.99 Å². The van der Waals surface area contributed by atoms with Gasteiger partial charge in [-0.05, 0) is 6.92 Å². The zero-order valence-electron chi connectivity index (χ0n) is 18.2. The lowest BCUT2D eigenvalue weighted by molar-refractivity contribution is -0.0000255. The predicted octanol–water partition coefficient (Wildman–Crippen LogP) is -1.55. The maximum absolute atomic E-state index is 12.4. The van der Waals surface area contributed by atoms with Crippen LogP contribution in [0.25, 0.3) is 0 Å². The van der Waals surface area contributed by atoms with Crippen LogP contribution >= 0.6 is 7.56 Å². The van der Waals surface area contributed by atoms with Gasteiger partial charge in [-0.15, -0.1) is 0 Å². The number of hydrogen-bond acceptors (Lipinski definition) is 8. The number of rotatable bonds is 7. The summed E-state index contributed by atoms with van der Waals surface area (Å²) in [6.07, 6.45) is 1.69. The highest BCUT2D eigenvalue weighted by molar-refractivity contribution is 7.78. The fourth-order valence-electron chi connectivity index (χ4n) is 3.61. The van der Waals surface area contributed by atoms with Crippen LogP contribution in [-0.2, 0) is 14.2 Å². The van der Waals surface area contributed by atoms with E-state index in [1.807, 2.05) is 25.1 Å². The van der Waals surface area contributed by atoms with Gasteiger partial charge in [-0.2, -0.15) is 9.34 Å². The molecule has 2 fully saturated rings. The van der Waals surface area contributed by atoms with Crippen molar-refractivity contribution in [3.63, 3.8) is 0 Å². The number of nitrogens with zero attached hydrogens (tertiary/aromatic N) is 4. The number of aliphatic imine (C=N–C) groups is 1. The predicted molar refractivity (Wildman–Crippen MR) is 114 cm³/mol. The SMILES string of the molecule is CCOC(=O)c1cc([P+](C)(N2CCOCC2)N2CCOCC2)c(/N=C\N(C)C)o1.[I-]. The van der Waals surface area contributed by atoms with Crippen LogP contribution in [0.4, 0.5) is 5.88 Å². The van der Waals surface area contributed by atoms with Gasteiger partial charge in [0.2, 0.25) is 5.76 Å². The summed E-state index contributed by atoms with van der Waals surface area (Å²) in [6, 6.07) is 1.83. The van der Waals surface area contributed by atoms with Crippen LogP contribution in [-0.4, -0.2) is 107 Å².